The molecule has 0 saturated heterocycles. The fourth-order valence-electron chi connectivity index (χ4n) is 2.99. The highest BCUT2D eigenvalue weighted by molar-refractivity contribution is 6.01. The number of fused-ring (bicyclic) bond motifs is 1. The summed E-state index contributed by atoms with van der Waals surface area (Å²) in [5.41, 5.74) is 2.39. The summed E-state index contributed by atoms with van der Waals surface area (Å²) in [6.07, 6.45) is 3.37. The lowest BCUT2D eigenvalue weighted by atomic mass is 9.99. The van der Waals surface area contributed by atoms with E-state index in [9.17, 15) is 9.59 Å². The van der Waals surface area contributed by atoms with E-state index in [2.05, 4.69) is 10.3 Å². The number of benzene rings is 1. The number of carbonyl (C=O) groups is 2. The molecule has 0 aliphatic carbocycles. The Morgan fingerprint density at radius 2 is 2.11 bits per heavy atom. The topological polar surface area (TPSA) is 97.8 Å². The third-order valence-electron chi connectivity index (χ3n) is 4.40. The number of hydrogen-bond donors (Lipinski definition) is 1. The van der Waals surface area contributed by atoms with Gasteiger partial charge in [0.15, 0.2) is 11.5 Å². The summed E-state index contributed by atoms with van der Waals surface area (Å²) < 4.78 is 15.4. The highest BCUT2D eigenvalue weighted by Gasteiger charge is 2.25. The maximum absolute atomic E-state index is 12.7. The summed E-state index contributed by atoms with van der Waals surface area (Å²) in [6, 6.07) is 8.90. The highest BCUT2D eigenvalue weighted by atomic mass is 16.5. The van der Waals surface area contributed by atoms with Gasteiger partial charge in [0.2, 0.25) is 0 Å². The van der Waals surface area contributed by atoms with Gasteiger partial charge in [-0.05, 0) is 41.8 Å². The number of amides is 2. The summed E-state index contributed by atoms with van der Waals surface area (Å²) >= 11 is 0. The third kappa shape index (κ3) is 3.41. The first-order valence-electron chi connectivity index (χ1n) is 8.39. The zero-order valence-corrected chi connectivity index (χ0v) is 14.6. The van der Waals surface area contributed by atoms with E-state index < -0.39 is 5.91 Å². The first-order valence-corrected chi connectivity index (χ1v) is 8.39. The molecule has 8 nitrogen and oxygen atoms in total. The van der Waals surface area contributed by atoms with Crippen LogP contribution >= 0.6 is 0 Å². The molecule has 2 aromatic heterocycles. The largest absolute Gasteiger partial charge is 0.497 e. The van der Waals surface area contributed by atoms with Gasteiger partial charge in [-0.1, -0.05) is 6.07 Å². The normalized spacial score (nSPS) is 13.1. The maximum Gasteiger partial charge on any atom is 0.302 e. The molecule has 0 atom stereocenters. The van der Waals surface area contributed by atoms with E-state index in [0.29, 0.717) is 13.1 Å². The van der Waals surface area contributed by atoms with Crippen molar-refractivity contribution in [3.63, 3.8) is 0 Å². The van der Waals surface area contributed by atoms with Crippen LogP contribution in [-0.2, 0) is 13.0 Å². The number of nitrogens with zero attached hydrogens (tertiary/aromatic N) is 2. The Labute approximate surface area is 154 Å². The Kier molecular flexibility index (Phi) is 4.37. The van der Waals surface area contributed by atoms with Gasteiger partial charge >= 0.3 is 6.01 Å². The lowest BCUT2D eigenvalue weighted by Gasteiger charge is -2.28. The molecule has 3 aromatic rings. The average molecular weight is 367 g/mol. The predicted molar refractivity (Wildman–Crippen MR) is 94.6 cm³/mol. The summed E-state index contributed by atoms with van der Waals surface area (Å²) in [4.78, 5) is 30.4. The van der Waals surface area contributed by atoms with Crippen LogP contribution in [0.4, 0.5) is 6.01 Å². The van der Waals surface area contributed by atoms with E-state index >= 15 is 0 Å². The molecule has 1 aliphatic heterocycles. The van der Waals surface area contributed by atoms with Gasteiger partial charge in [0.25, 0.3) is 11.8 Å². The number of methoxy groups -OCH3 is 1. The van der Waals surface area contributed by atoms with Crippen LogP contribution in [0.2, 0.25) is 0 Å². The van der Waals surface area contributed by atoms with Gasteiger partial charge in [-0.3, -0.25) is 14.9 Å². The van der Waals surface area contributed by atoms with Gasteiger partial charge in [-0.15, -0.1) is 0 Å². The number of anilines is 1. The first-order chi connectivity index (χ1) is 13.1. The van der Waals surface area contributed by atoms with Gasteiger partial charge in [-0.2, -0.15) is 4.98 Å². The highest BCUT2D eigenvalue weighted by Crippen LogP contribution is 2.25. The molecule has 1 aromatic carbocycles. The van der Waals surface area contributed by atoms with Crippen molar-refractivity contribution >= 4 is 17.8 Å². The molecule has 27 heavy (non-hydrogen) atoms. The van der Waals surface area contributed by atoms with Crippen LogP contribution < -0.4 is 10.1 Å². The van der Waals surface area contributed by atoms with E-state index in [4.69, 9.17) is 13.6 Å². The first kappa shape index (κ1) is 16.9. The number of aromatic nitrogens is 1. The Morgan fingerprint density at radius 3 is 2.89 bits per heavy atom. The number of rotatable bonds is 4. The Bertz CT molecular complexity index is 977. The van der Waals surface area contributed by atoms with Crippen LogP contribution in [0.5, 0.6) is 5.75 Å². The minimum Gasteiger partial charge on any atom is -0.497 e. The van der Waals surface area contributed by atoms with Crippen LogP contribution in [0, 0.1) is 0 Å². The fraction of sp³-hybridized carbons (Fsp3) is 0.211. The van der Waals surface area contributed by atoms with Crippen molar-refractivity contribution in [2.24, 2.45) is 0 Å². The van der Waals surface area contributed by atoms with E-state index in [1.165, 1.54) is 24.2 Å². The average Bonchev–Trinajstić information content (AvgIpc) is 3.38. The van der Waals surface area contributed by atoms with Gasteiger partial charge < -0.3 is 18.5 Å². The number of ether oxygens (including phenoxy) is 1. The molecule has 3 heterocycles. The number of furan rings is 1. The van der Waals surface area contributed by atoms with E-state index in [1.807, 2.05) is 18.2 Å². The van der Waals surface area contributed by atoms with Crippen LogP contribution in [-0.4, -0.2) is 35.4 Å². The zero-order valence-electron chi connectivity index (χ0n) is 14.6. The molecule has 2 amide bonds. The van der Waals surface area contributed by atoms with Crippen LogP contribution in [0.15, 0.2) is 51.7 Å². The second kappa shape index (κ2) is 6.99. The van der Waals surface area contributed by atoms with Gasteiger partial charge in [-0.25, -0.2) is 0 Å². The molecule has 0 fully saturated rings. The SMILES string of the molecule is COc1ccc2c(c1)CCN(C(=O)c1coc(NC(=O)c3ccco3)n1)C2. The van der Waals surface area contributed by atoms with Crippen molar-refractivity contribution in [3.05, 3.63) is 65.4 Å². The quantitative estimate of drug-likeness (QED) is 0.761. The molecule has 0 radical (unpaired) electrons. The summed E-state index contributed by atoms with van der Waals surface area (Å²) in [6.45, 7) is 1.05. The molecular formula is C19H17N3O5. The molecule has 0 unspecified atom stereocenters. The summed E-state index contributed by atoms with van der Waals surface area (Å²) in [5.74, 6) is 0.187. The van der Waals surface area contributed by atoms with Crippen LogP contribution in [0.3, 0.4) is 0 Å². The molecular weight excluding hydrogens is 350 g/mol. The van der Waals surface area contributed by atoms with Crippen molar-refractivity contribution in [1.29, 1.82) is 0 Å². The molecule has 138 valence electrons. The molecule has 0 spiro atoms. The number of oxazole rings is 1. The number of nitrogens with one attached hydrogen (secondary N) is 1. The monoisotopic (exact) mass is 367 g/mol. The Balaban J connectivity index is 1.44. The van der Waals surface area contributed by atoms with Crippen molar-refractivity contribution in [1.82, 2.24) is 9.88 Å². The standard InChI is InChI=1S/C19H17N3O5/c1-25-14-5-4-13-10-22(7-6-12(13)9-14)18(24)15-11-27-19(20-15)21-17(23)16-3-2-8-26-16/h2-5,8-9,11H,6-7,10H2,1H3,(H,20,21,23). The van der Waals surface area contributed by atoms with Crippen molar-refractivity contribution < 1.29 is 23.2 Å². The second-order valence-electron chi connectivity index (χ2n) is 6.08. The lowest BCUT2D eigenvalue weighted by Crippen LogP contribution is -2.36. The lowest BCUT2D eigenvalue weighted by molar-refractivity contribution is 0.0728. The molecule has 0 saturated carbocycles. The fourth-order valence-corrected chi connectivity index (χ4v) is 2.99. The van der Waals surface area contributed by atoms with Crippen LogP contribution in [0.25, 0.3) is 0 Å². The predicted octanol–water partition coefficient (Wildman–Crippen LogP) is 2.73. The van der Waals surface area contributed by atoms with E-state index in [1.54, 1.807) is 18.1 Å². The minimum absolute atomic E-state index is 0.0538. The minimum atomic E-state index is -0.498. The van der Waals surface area contributed by atoms with Gasteiger partial charge in [0, 0.05) is 13.1 Å². The van der Waals surface area contributed by atoms with Crippen molar-refractivity contribution in [2.45, 2.75) is 13.0 Å². The molecule has 1 N–H and O–H groups in total. The summed E-state index contributed by atoms with van der Waals surface area (Å²) in [5, 5.41) is 2.46. The van der Waals surface area contributed by atoms with Crippen molar-refractivity contribution in [3.8, 4) is 5.75 Å². The van der Waals surface area contributed by atoms with Crippen LogP contribution in [0.1, 0.15) is 32.2 Å². The second-order valence-corrected chi connectivity index (χ2v) is 6.08. The van der Waals surface area contributed by atoms with E-state index in [0.717, 1.165) is 17.7 Å². The smallest absolute Gasteiger partial charge is 0.302 e. The number of hydrogen-bond acceptors (Lipinski definition) is 6. The molecule has 1 aliphatic rings. The van der Waals surface area contributed by atoms with E-state index in [-0.39, 0.29) is 23.4 Å². The maximum atomic E-state index is 12.7. The van der Waals surface area contributed by atoms with Crippen molar-refractivity contribution in [2.75, 3.05) is 19.0 Å². The number of carbonyl (C=O) groups excluding carboxylic acids is 2. The third-order valence-corrected chi connectivity index (χ3v) is 4.40. The summed E-state index contributed by atoms with van der Waals surface area (Å²) in [7, 11) is 1.63. The molecule has 4 rings (SSSR count). The van der Waals surface area contributed by atoms with Gasteiger partial charge in [0.05, 0.1) is 13.4 Å². The Hall–Kier alpha value is -3.55. The molecule has 8 heteroatoms. The zero-order chi connectivity index (χ0) is 18.8. The Morgan fingerprint density at radius 1 is 1.22 bits per heavy atom. The molecule has 0 bridgehead atoms. The van der Waals surface area contributed by atoms with Gasteiger partial charge in [0.1, 0.15) is 12.0 Å².